The number of anilines is 1. The van der Waals surface area contributed by atoms with Gasteiger partial charge in [0.05, 0.1) is 0 Å². The molecule has 0 bridgehead atoms. The van der Waals surface area contributed by atoms with Crippen molar-refractivity contribution in [2.45, 2.75) is 19.6 Å². The number of rotatable bonds is 3. The molecule has 0 spiro atoms. The summed E-state index contributed by atoms with van der Waals surface area (Å²) >= 11 is 6.06. The van der Waals surface area contributed by atoms with Crippen LogP contribution in [0.1, 0.15) is 11.3 Å². The van der Waals surface area contributed by atoms with Crippen molar-refractivity contribution >= 4 is 23.2 Å². The summed E-state index contributed by atoms with van der Waals surface area (Å²) in [5, 5.41) is 4.08. The first kappa shape index (κ1) is 18.6. The van der Waals surface area contributed by atoms with Gasteiger partial charge in [-0.2, -0.15) is 18.3 Å². The minimum atomic E-state index is -4.51. The van der Waals surface area contributed by atoms with Crippen LogP contribution in [0.4, 0.5) is 18.9 Å². The second-order valence-corrected chi connectivity index (χ2v) is 6.63. The first-order valence-corrected chi connectivity index (χ1v) is 8.51. The number of amides is 1. The molecule has 0 unspecified atom stereocenters. The fourth-order valence-corrected chi connectivity index (χ4v) is 3.13. The molecule has 140 valence electrons. The van der Waals surface area contributed by atoms with E-state index in [0.717, 1.165) is 22.0 Å². The minimum absolute atomic E-state index is 0.202. The zero-order chi connectivity index (χ0) is 18.9. The number of carbonyl (C=O) groups excluding carboxylic acids is 1. The van der Waals surface area contributed by atoms with E-state index in [1.807, 2.05) is 25.1 Å². The Morgan fingerprint density at radius 3 is 2.50 bits per heavy atom. The predicted molar refractivity (Wildman–Crippen MR) is 92.2 cm³/mol. The third kappa shape index (κ3) is 4.12. The van der Waals surface area contributed by atoms with Crippen LogP contribution in [0.5, 0.6) is 0 Å². The summed E-state index contributed by atoms with van der Waals surface area (Å²) in [6.45, 7) is 4.07. The molecule has 1 aliphatic rings. The molecule has 5 nitrogen and oxygen atoms in total. The maximum atomic E-state index is 12.6. The van der Waals surface area contributed by atoms with Crippen molar-refractivity contribution in [1.82, 2.24) is 14.7 Å². The van der Waals surface area contributed by atoms with Gasteiger partial charge in [-0.25, -0.2) is 0 Å². The lowest BCUT2D eigenvalue weighted by atomic mass is 10.1. The Morgan fingerprint density at radius 2 is 1.88 bits per heavy atom. The standard InChI is InChI=1S/C17H18ClF3N4O/c1-12-2-3-13(18)10-14(12)23-6-8-24(9-7-23)16(26)11-25-5-4-15(22-25)17(19,20)21/h2-5,10H,6-9,11H2,1H3. The number of carbonyl (C=O) groups is 1. The summed E-state index contributed by atoms with van der Waals surface area (Å²) in [5.41, 5.74) is 1.14. The fourth-order valence-electron chi connectivity index (χ4n) is 2.96. The largest absolute Gasteiger partial charge is 0.435 e. The molecule has 0 radical (unpaired) electrons. The van der Waals surface area contributed by atoms with Crippen molar-refractivity contribution < 1.29 is 18.0 Å². The molecule has 9 heteroatoms. The topological polar surface area (TPSA) is 41.4 Å². The Hall–Kier alpha value is -2.22. The van der Waals surface area contributed by atoms with Crippen LogP contribution < -0.4 is 4.90 Å². The third-order valence-electron chi connectivity index (χ3n) is 4.37. The predicted octanol–water partition coefficient (Wildman–Crippen LogP) is 3.21. The number of hydrogen-bond donors (Lipinski definition) is 0. The van der Waals surface area contributed by atoms with Crippen LogP contribution in [0, 0.1) is 6.92 Å². The van der Waals surface area contributed by atoms with Crippen LogP contribution in [-0.4, -0.2) is 46.8 Å². The third-order valence-corrected chi connectivity index (χ3v) is 4.61. The summed E-state index contributed by atoms with van der Waals surface area (Å²) in [6, 6.07) is 6.55. The van der Waals surface area contributed by atoms with Crippen LogP contribution in [0.3, 0.4) is 0 Å². The van der Waals surface area contributed by atoms with E-state index in [9.17, 15) is 18.0 Å². The molecular formula is C17H18ClF3N4O. The molecule has 0 saturated carbocycles. The number of benzene rings is 1. The lowest BCUT2D eigenvalue weighted by Crippen LogP contribution is -2.49. The van der Waals surface area contributed by atoms with Gasteiger partial charge in [-0.1, -0.05) is 17.7 Å². The van der Waals surface area contributed by atoms with E-state index in [1.54, 1.807) is 4.90 Å². The van der Waals surface area contributed by atoms with E-state index in [2.05, 4.69) is 10.00 Å². The first-order valence-electron chi connectivity index (χ1n) is 8.13. The molecule has 0 atom stereocenters. The molecule has 1 saturated heterocycles. The van der Waals surface area contributed by atoms with Gasteiger partial charge in [0.15, 0.2) is 5.69 Å². The summed E-state index contributed by atoms with van der Waals surface area (Å²) in [7, 11) is 0. The van der Waals surface area contributed by atoms with E-state index in [1.165, 1.54) is 6.20 Å². The molecule has 26 heavy (non-hydrogen) atoms. The van der Waals surface area contributed by atoms with Gasteiger partial charge in [0.25, 0.3) is 0 Å². The second-order valence-electron chi connectivity index (χ2n) is 6.19. The van der Waals surface area contributed by atoms with Crippen molar-refractivity contribution in [1.29, 1.82) is 0 Å². The van der Waals surface area contributed by atoms with Crippen LogP contribution in [-0.2, 0) is 17.5 Å². The molecule has 1 aromatic carbocycles. The van der Waals surface area contributed by atoms with E-state index in [4.69, 9.17) is 11.6 Å². The summed E-state index contributed by atoms with van der Waals surface area (Å²) in [4.78, 5) is 16.1. The molecule has 0 aliphatic carbocycles. The molecule has 1 amide bonds. The Balaban J connectivity index is 1.58. The Bertz CT molecular complexity index is 798. The van der Waals surface area contributed by atoms with E-state index >= 15 is 0 Å². The highest BCUT2D eigenvalue weighted by molar-refractivity contribution is 6.30. The average molecular weight is 387 g/mol. The maximum Gasteiger partial charge on any atom is 0.435 e. The number of aromatic nitrogens is 2. The SMILES string of the molecule is Cc1ccc(Cl)cc1N1CCN(C(=O)Cn2ccc(C(F)(F)F)n2)CC1. The van der Waals surface area contributed by atoms with E-state index in [0.29, 0.717) is 31.2 Å². The zero-order valence-corrected chi connectivity index (χ0v) is 14.9. The number of aryl methyl sites for hydroxylation is 1. The highest BCUT2D eigenvalue weighted by Gasteiger charge is 2.33. The van der Waals surface area contributed by atoms with Crippen molar-refractivity contribution in [2.24, 2.45) is 0 Å². The molecule has 2 aromatic rings. The molecule has 1 aliphatic heterocycles. The first-order chi connectivity index (χ1) is 12.2. The van der Waals surface area contributed by atoms with Gasteiger partial charge in [-0.15, -0.1) is 0 Å². The maximum absolute atomic E-state index is 12.6. The molecular weight excluding hydrogens is 369 g/mol. The summed E-state index contributed by atoms with van der Waals surface area (Å²) in [5.74, 6) is -0.246. The second kappa shape index (κ2) is 7.19. The van der Waals surface area contributed by atoms with Crippen LogP contribution >= 0.6 is 11.6 Å². The lowest BCUT2D eigenvalue weighted by Gasteiger charge is -2.36. The Kier molecular flexibility index (Phi) is 5.13. The number of hydrogen-bond acceptors (Lipinski definition) is 3. The van der Waals surface area contributed by atoms with E-state index in [-0.39, 0.29) is 12.5 Å². The number of halogens is 4. The number of nitrogens with zero attached hydrogens (tertiary/aromatic N) is 4. The fraction of sp³-hybridized carbons (Fsp3) is 0.412. The van der Waals surface area contributed by atoms with Crippen molar-refractivity contribution in [3.8, 4) is 0 Å². The molecule has 0 N–H and O–H groups in total. The van der Waals surface area contributed by atoms with Gasteiger partial charge in [-0.3, -0.25) is 9.48 Å². The highest BCUT2D eigenvalue weighted by Crippen LogP contribution is 2.27. The smallest absolute Gasteiger partial charge is 0.368 e. The van der Waals surface area contributed by atoms with Crippen molar-refractivity contribution in [2.75, 3.05) is 31.1 Å². The van der Waals surface area contributed by atoms with Crippen LogP contribution in [0.25, 0.3) is 0 Å². The quantitative estimate of drug-likeness (QED) is 0.813. The van der Waals surface area contributed by atoms with Crippen molar-refractivity contribution in [3.05, 3.63) is 46.7 Å². The van der Waals surface area contributed by atoms with Gasteiger partial charge in [0.2, 0.25) is 5.91 Å². The average Bonchev–Trinajstić information content (AvgIpc) is 3.06. The Morgan fingerprint density at radius 1 is 1.19 bits per heavy atom. The molecule has 1 aromatic heterocycles. The Labute approximate surface area is 153 Å². The van der Waals surface area contributed by atoms with Gasteiger partial charge < -0.3 is 9.80 Å². The van der Waals surface area contributed by atoms with Crippen molar-refractivity contribution in [3.63, 3.8) is 0 Å². The molecule has 2 heterocycles. The molecule has 3 rings (SSSR count). The summed E-state index contributed by atoms with van der Waals surface area (Å²) < 4.78 is 38.7. The lowest BCUT2D eigenvalue weighted by molar-refractivity contribution is -0.142. The monoisotopic (exact) mass is 386 g/mol. The highest BCUT2D eigenvalue weighted by atomic mass is 35.5. The van der Waals surface area contributed by atoms with Gasteiger partial charge in [0.1, 0.15) is 6.54 Å². The van der Waals surface area contributed by atoms with Crippen LogP contribution in [0.2, 0.25) is 5.02 Å². The molecule has 1 fully saturated rings. The number of piperazine rings is 1. The van der Waals surface area contributed by atoms with Crippen LogP contribution in [0.15, 0.2) is 30.5 Å². The van der Waals surface area contributed by atoms with E-state index < -0.39 is 11.9 Å². The minimum Gasteiger partial charge on any atom is -0.368 e. The number of alkyl halides is 3. The van der Waals surface area contributed by atoms with Gasteiger partial charge in [-0.05, 0) is 30.7 Å². The van der Waals surface area contributed by atoms with Gasteiger partial charge >= 0.3 is 6.18 Å². The van der Waals surface area contributed by atoms with Gasteiger partial charge in [0, 0.05) is 43.1 Å². The normalized spacial score (nSPS) is 15.4. The zero-order valence-electron chi connectivity index (χ0n) is 14.1. The summed E-state index contributed by atoms with van der Waals surface area (Å²) in [6.07, 6.45) is -3.33.